The molecule has 0 saturated heterocycles. The van der Waals surface area contributed by atoms with Gasteiger partial charge in [-0.05, 0) is 73.0 Å². The molecule has 0 spiro atoms. The molecule has 0 saturated carbocycles. The smallest absolute Gasteiger partial charge is 0.744 e. The minimum Gasteiger partial charge on any atom is -0.744 e. The van der Waals surface area contributed by atoms with Crippen molar-refractivity contribution in [1.29, 1.82) is 0 Å². The topological polar surface area (TPSA) is 369 Å². The summed E-state index contributed by atoms with van der Waals surface area (Å²) in [5.74, 6) is -2.95. The molecule has 0 aliphatic heterocycles. The molecule has 0 fully saturated rings. The minimum absolute atomic E-state index is 0. The van der Waals surface area contributed by atoms with Crippen LogP contribution in [0.2, 0.25) is 0 Å². The summed E-state index contributed by atoms with van der Waals surface area (Å²) in [4.78, 5) is 21.6. The van der Waals surface area contributed by atoms with E-state index in [0.29, 0.717) is 18.2 Å². The predicted octanol–water partition coefficient (Wildman–Crippen LogP) is -5.00. The number of phenolic OH excluding ortho intramolecular Hbond substituents is 1. The zero-order valence-corrected chi connectivity index (χ0v) is 48.3. The molecule has 7 aromatic carbocycles. The van der Waals surface area contributed by atoms with Crippen molar-refractivity contribution < 1.29 is 185 Å². The second-order valence-electron chi connectivity index (χ2n) is 13.9. The minimum atomic E-state index is -5.59. The van der Waals surface area contributed by atoms with Crippen molar-refractivity contribution in [2.45, 2.75) is 32.5 Å². The average molecular weight is 1060 g/mol. The third kappa shape index (κ3) is 13.8. The van der Waals surface area contributed by atoms with Gasteiger partial charge in [0.15, 0.2) is 11.5 Å². The summed E-state index contributed by atoms with van der Waals surface area (Å²) in [5.41, 5.74) is -1.75. The first-order valence-corrected chi connectivity index (χ1v) is 23.9. The van der Waals surface area contributed by atoms with Crippen LogP contribution >= 0.6 is 0 Å². The zero-order valence-electron chi connectivity index (χ0n) is 37.0. The maximum absolute atomic E-state index is 13.0. The van der Waals surface area contributed by atoms with Gasteiger partial charge in [-0.2, -0.15) is 15.3 Å². The number of nitrogens with zero attached hydrogens (tertiary/aromatic N) is 6. The number of amides is 1. The van der Waals surface area contributed by atoms with E-state index in [-0.39, 0.29) is 157 Å². The molecule has 7 rings (SSSR count). The van der Waals surface area contributed by atoms with Gasteiger partial charge in [-0.1, -0.05) is 54.6 Å². The van der Waals surface area contributed by atoms with Crippen molar-refractivity contribution in [1.82, 2.24) is 0 Å². The van der Waals surface area contributed by atoms with Gasteiger partial charge in [0.2, 0.25) is 6.04 Å². The van der Waals surface area contributed by atoms with Crippen LogP contribution < -0.4 is 124 Å². The molecule has 1 atom stereocenters. The van der Waals surface area contributed by atoms with Gasteiger partial charge in [0.05, 0.1) is 47.7 Å². The van der Waals surface area contributed by atoms with E-state index >= 15 is 0 Å². The second-order valence-corrected chi connectivity index (χ2v) is 19.3. The molecule has 7 aromatic rings. The number of aromatic hydroxyl groups is 1. The number of phenols is 1. The molecule has 22 nitrogen and oxygen atoms in total. The number of para-hydroxylation sites is 1. The molecule has 0 radical (unpaired) electrons. The van der Waals surface area contributed by atoms with Gasteiger partial charge in [-0.3, -0.25) is 9.59 Å². The Morgan fingerprint density at radius 2 is 1.07 bits per heavy atom. The molecular formula is C40H25N7Na4O15S4. The number of nitrogens with one attached hydrogen (secondary N) is 1. The van der Waals surface area contributed by atoms with Crippen LogP contribution in [0.5, 0.6) is 5.75 Å². The Morgan fingerprint density at radius 3 is 1.61 bits per heavy atom. The predicted molar refractivity (Wildman–Crippen MR) is 228 cm³/mol. The maximum Gasteiger partial charge on any atom is 1.00 e. The Balaban J connectivity index is 0.00000324. The summed E-state index contributed by atoms with van der Waals surface area (Å²) >= 11 is 0. The number of carbonyl (C=O) groups excluding carboxylic acids is 2. The molecule has 2 N–H and O–H groups in total. The fraction of sp³-hybridized carbons (Fsp3) is 0.0500. The van der Waals surface area contributed by atoms with Crippen molar-refractivity contribution in [2.24, 2.45) is 30.7 Å². The number of carbonyl (C=O) groups is 2. The van der Waals surface area contributed by atoms with E-state index in [2.05, 4.69) is 36.0 Å². The molecule has 0 aliphatic rings. The van der Waals surface area contributed by atoms with E-state index in [4.69, 9.17) is 0 Å². The number of ketones is 1. The van der Waals surface area contributed by atoms with Crippen LogP contribution in [-0.4, -0.2) is 74.7 Å². The van der Waals surface area contributed by atoms with E-state index in [1.54, 1.807) is 24.3 Å². The summed E-state index contributed by atoms with van der Waals surface area (Å²) < 4.78 is 147. The quantitative estimate of drug-likeness (QED) is 0.0473. The van der Waals surface area contributed by atoms with Gasteiger partial charge in [-0.25, -0.2) is 33.7 Å². The number of Topliss-reactive ketones (excluding diaryl/α,β-unsaturated/α-hetero) is 1. The Morgan fingerprint density at radius 1 is 0.529 bits per heavy atom. The van der Waals surface area contributed by atoms with Crippen LogP contribution in [0.25, 0.3) is 32.3 Å². The van der Waals surface area contributed by atoms with Crippen molar-refractivity contribution in [3.63, 3.8) is 0 Å². The van der Waals surface area contributed by atoms with Crippen LogP contribution in [0.3, 0.4) is 0 Å². The first-order chi connectivity index (χ1) is 30.9. The van der Waals surface area contributed by atoms with Crippen molar-refractivity contribution in [2.75, 3.05) is 5.32 Å². The van der Waals surface area contributed by atoms with Crippen molar-refractivity contribution >= 4 is 119 Å². The first-order valence-electron chi connectivity index (χ1n) is 18.3. The molecule has 0 bridgehead atoms. The van der Waals surface area contributed by atoms with Gasteiger partial charge in [0.25, 0.3) is 5.91 Å². The summed E-state index contributed by atoms with van der Waals surface area (Å²) in [6, 6.07) is 21.5. The molecule has 0 aromatic heterocycles. The van der Waals surface area contributed by atoms with Crippen LogP contribution in [-0.2, 0) is 50.1 Å². The molecule has 30 heteroatoms. The molecule has 1 amide bonds. The molecule has 0 aliphatic carbocycles. The van der Waals surface area contributed by atoms with Gasteiger partial charge >= 0.3 is 118 Å². The number of fused-ring (bicyclic) bond motifs is 3. The summed E-state index contributed by atoms with van der Waals surface area (Å²) in [6.45, 7) is 0.999. The van der Waals surface area contributed by atoms with E-state index in [1.165, 1.54) is 42.5 Å². The maximum atomic E-state index is 13.0. The molecule has 0 heterocycles. The van der Waals surface area contributed by atoms with Gasteiger partial charge in [-0.15, -0.1) is 15.3 Å². The largest absolute Gasteiger partial charge is 1.00 e. The molecule has 70 heavy (non-hydrogen) atoms. The van der Waals surface area contributed by atoms with Gasteiger partial charge in [0, 0.05) is 27.2 Å². The van der Waals surface area contributed by atoms with Crippen molar-refractivity contribution in [3.8, 4) is 5.75 Å². The van der Waals surface area contributed by atoms with E-state index in [1.807, 2.05) is 0 Å². The summed E-state index contributed by atoms with van der Waals surface area (Å²) in [5, 5.41) is 36.3. The van der Waals surface area contributed by atoms with Gasteiger partial charge in [0.1, 0.15) is 46.2 Å². The van der Waals surface area contributed by atoms with E-state index < -0.39 is 111 Å². The van der Waals surface area contributed by atoms with Crippen molar-refractivity contribution in [3.05, 3.63) is 115 Å². The SMILES string of the molecule is CC(=O)C(N=Nc1cc(S(=O)(=O)[O-])cc2cc(S(=O)(=O)[O-])c(N=Nc3ccc(N=Nc4cc(S(=O)(=O)[O-])c5cccc(S(=O)(=O)[O-])c5c4)c4ccccc34)c(O)c12)C(=O)Nc1ccccc1.[Na+].[Na+].[Na+].[Na+]. The second kappa shape index (κ2) is 24.2. The molecule has 1 unspecified atom stereocenters. The standard InChI is InChI=1S/C40H29N7O15S4.4Na/c1-21(48)37(40(50)41-23-8-3-2-4-9-23)46-45-32-20-25(63(51,52)53)16-22-17-35(66(60,61)62)38(39(49)36(22)32)47-44-31-15-14-30(26-10-5-6-11-27(26)31)43-42-24-18-29-28(34(19-24)65(57,58)59)12-7-13-33(29)64(54,55)56;;;;/h2-20,37,49H,1H3,(H,41,50)(H,51,52,53)(H,54,55,56)(H,57,58,59)(H,60,61,62);;;;/q;4*+1/p-4. The number of hydrogen-bond acceptors (Lipinski definition) is 21. The molecular weight excluding hydrogens is 1040 g/mol. The zero-order chi connectivity index (χ0) is 47.9. The third-order valence-corrected chi connectivity index (χ3v) is 12.9. The Bertz CT molecular complexity index is 3780. The van der Waals surface area contributed by atoms with Gasteiger partial charge < -0.3 is 28.6 Å². The fourth-order valence-electron chi connectivity index (χ4n) is 6.57. The average Bonchev–Trinajstić information content (AvgIpc) is 3.23. The number of hydrogen-bond donors (Lipinski definition) is 2. The first kappa shape index (κ1) is 61.0. The molecule has 338 valence electrons. The summed E-state index contributed by atoms with van der Waals surface area (Å²) in [7, 11) is -21.3. The number of benzene rings is 7. The van der Waals surface area contributed by atoms with E-state index in [0.717, 1.165) is 37.3 Å². The van der Waals surface area contributed by atoms with Crippen LogP contribution in [0.15, 0.2) is 166 Å². The number of rotatable bonds is 13. The van der Waals surface area contributed by atoms with Crippen LogP contribution in [0.4, 0.5) is 34.1 Å². The Kier molecular flexibility index (Phi) is 21.1. The fourth-order valence-corrected chi connectivity index (χ4v) is 9.14. The Hall–Kier alpha value is -3.30. The van der Waals surface area contributed by atoms with Crippen LogP contribution in [0.1, 0.15) is 6.92 Å². The summed E-state index contributed by atoms with van der Waals surface area (Å²) in [6.07, 6.45) is 0. The Labute approximate surface area is 486 Å². The monoisotopic (exact) mass is 1060 g/mol. The number of anilines is 1. The number of azo groups is 3. The van der Waals surface area contributed by atoms with E-state index in [9.17, 15) is 66.6 Å². The third-order valence-electron chi connectivity index (χ3n) is 9.47. The normalized spacial score (nSPS) is 12.6. The van der Waals surface area contributed by atoms with Crippen LogP contribution in [0, 0.1) is 0 Å².